The highest BCUT2D eigenvalue weighted by molar-refractivity contribution is 7.98. The van der Waals surface area contributed by atoms with E-state index in [-0.39, 0.29) is 0 Å². The summed E-state index contributed by atoms with van der Waals surface area (Å²) in [5.74, 6) is 0.880. The summed E-state index contributed by atoms with van der Waals surface area (Å²) in [6.07, 6.45) is 3.58. The smallest absolute Gasteiger partial charge is 0.0635 e. The largest absolute Gasteiger partial charge is 0.398 e. The van der Waals surface area contributed by atoms with E-state index in [4.69, 9.17) is 17.3 Å². The number of nitrogens with zero attached hydrogens (tertiary/aromatic N) is 1. The fourth-order valence-electron chi connectivity index (χ4n) is 1.28. The van der Waals surface area contributed by atoms with Crippen molar-refractivity contribution < 1.29 is 0 Å². The first kappa shape index (κ1) is 11.3. The van der Waals surface area contributed by atoms with Crippen molar-refractivity contribution in [3.8, 4) is 0 Å². The monoisotopic (exact) mass is 250 g/mol. The molecule has 4 heteroatoms. The highest BCUT2D eigenvalue weighted by Crippen LogP contribution is 2.25. The third kappa shape index (κ3) is 2.90. The quantitative estimate of drug-likeness (QED) is 0.668. The van der Waals surface area contributed by atoms with E-state index in [0.29, 0.717) is 10.7 Å². The number of hydrogen-bond acceptors (Lipinski definition) is 3. The van der Waals surface area contributed by atoms with Gasteiger partial charge < -0.3 is 5.73 Å². The van der Waals surface area contributed by atoms with Crippen LogP contribution in [0.25, 0.3) is 0 Å². The highest BCUT2D eigenvalue weighted by Gasteiger charge is 1.99. The Balaban J connectivity index is 2.03. The number of benzene rings is 1. The zero-order valence-corrected chi connectivity index (χ0v) is 10.1. The number of halogens is 1. The molecule has 2 rings (SSSR count). The fraction of sp³-hybridized carbons (Fsp3) is 0.0833. The minimum absolute atomic E-state index is 0.609. The summed E-state index contributed by atoms with van der Waals surface area (Å²) in [4.78, 5) is 5.17. The van der Waals surface area contributed by atoms with E-state index < -0.39 is 0 Å². The Kier molecular flexibility index (Phi) is 3.70. The first-order valence-electron chi connectivity index (χ1n) is 4.82. The van der Waals surface area contributed by atoms with Crippen LogP contribution in [-0.2, 0) is 5.75 Å². The molecule has 2 N–H and O–H groups in total. The lowest BCUT2D eigenvalue weighted by Gasteiger charge is -2.04. The fourth-order valence-corrected chi connectivity index (χ4v) is 2.23. The summed E-state index contributed by atoms with van der Waals surface area (Å²) in [6, 6.07) is 9.72. The van der Waals surface area contributed by atoms with Crippen LogP contribution >= 0.6 is 23.4 Å². The third-order valence-corrected chi connectivity index (χ3v) is 3.54. The molecular formula is C12H11ClN2S. The second-order valence-electron chi connectivity index (χ2n) is 3.33. The van der Waals surface area contributed by atoms with Gasteiger partial charge in [-0.25, -0.2) is 0 Å². The van der Waals surface area contributed by atoms with Crippen LogP contribution in [0.5, 0.6) is 0 Å². The normalized spacial score (nSPS) is 10.3. The van der Waals surface area contributed by atoms with E-state index in [1.807, 2.05) is 30.3 Å². The molecule has 0 unspecified atom stereocenters. The summed E-state index contributed by atoms with van der Waals surface area (Å²) in [5, 5.41) is 0.609. The van der Waals surface area contributed by atoms with Gasteiger partial charge in [0.1, 0.15) is 0 Å². The maximum absolute atomic E-state index is 5.86. The number of pyridine rings is 1. The molecule has 0 aliphatic heterocycles. The van der Waals surface area contributed by atoms with E-state index >= 15 is 0 Å². The van der Waals surface area contributed by atoms with Gasteiger partial charge in [0.25, 0.3) is 0 Å². The van der Waals surface area contributed by atoms with E-state index in [2.05, 4.69) is 4.98 Å². The first-order valence-corrected chi connectivity index (χ1v) is 6.19. The standard InChI is InChI=1S/C12H11ClN2S/c13-11-2-1-9(7-12(11)14)8-16-10-3-5-15-6-4-10/h1-7H,8,14H2. The predicted molar refractivity (Wildman–Crippen MR) is 69.7 cm³/mol. The lowest BCUT2D eigenvalue weighted by molar-refractivity contribution is 1.26. The maximum Gasteiger partial charge on any atom is 0.0635 e. The molecule has 82 valence electrons. The SMILES string of the molecule is Nc1cc(CSc2ccncc2)ccc1Cl. The average molecular weight is 251 g/mol. The molecule has 0 aliphatic rings. The van der Waals surface area contributed by atoms with Gasteiger partial charge in [0.05, 0.1) is 10.7 Å². The maximum atomic E-state index is 5.86. The van der Waals surface area contributed by atoms with Gasteiger partial charge in [-0.3, -0.25) is 4.98 Å². The Bertz CT molecular complexity index is 474. The van der Waals surface area contributed by atoms with E-state index in [1.54, 1.807) is 24.2 Å². The van der Waals surface area contributed by atoms with Crippen LogP contribution < -0.4 is 5.73 Å². The van der Waals surface area contributed by atoms with Crippen molar-refractivity contribution in [3.05, 3.63) is 53.3 Å². The molecule has 0 atom stereocenters. The zero-order chi connectivity index (χ0) is 11.4. The summed E-state index contributed by atoms with van der Waals surface area (Å²) in [7, 11) is 0. The Morgan fingerprint density at radius 1 is 1.19 bits per heavy atom. The van der Waals surface area contributed by atoms with Crippen LogP contribution in [0.1, 0.15) is 5.56 Å². The molecule has 1 aromatic heterocycles. The Morgan fingerprint density at radius 3 is 2.62 bits per heavy atom. The molecule has 0 spiro atoms. The van der Waals surface area contributed by atoms with E-state index in [0.717, 1.165) is 5.75 Å². The van der Waals surface area contributed by atoms with Crippen LogP contribution in [0.4, 0.5) is 5.69 Å². The number of rotatable bonds is 3. The molecule has 0 radical (unpaired) electrons. The van der Waals surface area contributed by atoms with Gasteiger partial charge in [-0.15, -0.1) is 11.8 Å². The second kappa shape index (κ2) is 5.23. The molecule has 1 aromatic carbocycles. The van der Waals surface area contributed by atoms with Gasteiger partial charge in [-0.05, 0) is 29.8 Å². The van der Waals surface area contributed by atoms with Gasteiger partial charge in [0.15, 0.2) is 0 Å². The molecule has 0 amide bonds. The van der Waals surface area contributed by atoms with Crippen molar-refractivity contribution in [1.29, 1.82) is 0 Å². The summed E-state index contributed by atoms with van der Waals surface area (Å²) >= 11 is 7.61. The summed E-state index contributed by atoms with van der Waals surface area (Å²) in [5.41, 5.74) is 7.54. The van der Waals surface area contributed by atoms with Gasteiger partial charge in [0.2, 0.25) is 0 Å². The molecule has 0 aliphatic carbocycles. The average Bonchev–Trinajstić information content (AvgIpc) is 2.32. The third-order valence-electron chi connectivity index (χ3n) is 2.12. The molecule has 2 nitrogen and oxygen atoms in total. The Labute approximate surface area is 104 Å². The van der Waals surface area contributed by atoms with E-state index in [9.17, 15) is 0 Å². The van der Waals surface area contributed by atoms with Crippen LogP contribution in [0.15, 0.2) is 47.6 Å². The van der Waals surface area contributed by atoms with Crippen molar-refractivity contribution in [3.63, 3.8) is 0 Å². The summed E-state index contributed by atoms with van der Waals surface area (Å²) < 4.78 is 0. The number of hydrogen-bond donors (Lipinski definition) is 1. The van der Waals surface area contributed by atoms with Crippen LogP contribution in [0.3, 0.4) is 0 Å². The predicted octanol–water partition coefficient (Wildman–Crippen LogP) is 3.61. The van der Waals surface area contributed by atoms with Crippen molar-refractivity contribution in [2.24, 2.45) is 0 Å². The van der Waals surface area contributed by atoms with Crippen molar-refractivity contribution in [2.75, 3.05) is 5.73 Å². The lowest BCUT2D eigenvalue weighted by Crippen LogP contribution is -1.88. The van der Waals surface area contributed by atoms with Crippen molar-refractivity contribution >= 4 is 29.1 Å². The Hall–Kier alpha value is -1.19. The molecule has 0 saturated heterocycles. The molecule has 0 bridgehead atoms. The van der Waals surface area contributed by atoms with Gasteiger partial charge in [-0.2, -0.15) is 0 Å². The Morgan fingerprint density at radius 2 is 1.94 bits per heavy atom. The number of aromatic nitrogens is 1. The van der Waals surface area contributed by atoms with Gasteiger partial charge >= 0.3 is 0 Å². The number of nitrogen functional groups attached to an aromatic ring is 1. The van der Waals surface area contributed by atoms with Gasteiger partial charge in [0, 0.05) is 23.0 Å². The zero-order valence-electron chi connectivity index (χ0n) is 8.56. The number of thioether (sulfide) groups is 1. The second-order valence-corrected chi connectivity index (χ2v) is 4.78. The molecule has 2 aromatic rings. The van der Waals surface area contributed by atoms with Crippen molar-refractivity contribution in [2.45, 2.75) is 10.6 Å². The minimum Gasteiger partial charge on any atom is -0.398 e. The van der Waals surface area contributed by atoms with Crippen LogP contribution in [-0.4, -0.2) is 4.98 Å². The minimum atomic E-state index is 0.609. The molecular weight excluding hydrogens is 240 g/mol. The van der Waals surface area contributed by atoms with Gasteiger partial charge in [-0.1, -0.05) is 17.7 Å². The van der Waals surface area contributed by atoms with E-state index in [1.165, 1.54) is 10.5 Å². The first-order chi connectivity index (χ1) is 7.75. The summed E-state index contributed by atoms with van der Waals surface area (Å²) in [6.45, 7) is 0. The molecule has 1 heterocycles. The number of nitrogens with two attached hydrogens (primary N) is 1. The van der Waals surface area contributed by atoms with Crippen LogP contribution in [0.2, 0.25) is 5.02 Å². The van der Waals surface area contributed by atoms with Crippen molar-refractivity contribution in [1.82, 2.24) is 4.98 Å². The van der Waals surface area contributed by atoms with Crippen LogP contribution in [0, 0.1) is 0 Å². The topological polar surface area (TPSA) is 38.9 Å². The molecule has 0 saturated carbocycles. The molecule has 0 fully saturated rings. The number of anilines is 1. The highest BCUT2D eigenvalue weighted by atomic mass is 35.5. The lowest BCUT2D eigenvalue weighted by atomic mass is 10.2. The molecule has 16 heavy (non-hydrogen) atoms.